The molecule has 0 spiro atoms. The lowest BCUT2D eigenvalue weighted by Crippen LogP contribution is -2.04. The summed E-state index contributed by atoms with van der Waals surface area (Å²) in [5, 5.41) is 9.20. The first-order valence-electron chi connectivity index (χ1n) is 3.25. The number of phenolic OH excluding ortho intramolecular Hbond substituents is 1. The van der Waals surface area contributed by atoms with Crippen LogP contribution in [0.4, 0.5) is 0 Å². The van der Waals surface area contributed by atoms with Crippen molar-refractivity contribution >= 4 is 12.4 Å². The van der Waals surface area contributed by atoms with Gasteiger partial charge in [0.25, 0.3) is 0 Å². The highest BCUT2D eigenvalue weighted by Crippen LogP contribution is 2.20. The van der Waals surface area contributed by atoms with Crippen LogP contribution in [0.3, 0.4) is 0 Å². The van der Waals surface area contributed by atoms with Crippen LogP contribution in [0, 0.1) is 0 Å². The zero-order valence-corrected chi connectivity index (χ0v) is 7.14. The van der Waals surface area contributed by atoms with Gasteiger partial charge in [-0.15, -0.1) is 12.4 Å². The van der Waals surface area contributed by atoms with E-state index < -0.39 is 0 Å². The quantitative estimate of drug-likeness (QED) is 0.681. The van der Waals surface area contributed by atoms with Crippen molar-refractivity contribution in [1.29, 1.82) is 0 Å². The third kappa shape index (κ3) is 2.41. The molecule has 0 fully saturated rings. The monoisotopic (exact) mass is 173 g/mol. The molecular formula is C8H12ClNO. The Hall–Kier alpha value is -0.730. The Kier molecular flexibility index (Phi) is 3.93. The summed E-state index contributed by atoms with van der Waals surface area (Å²) in [6.45, 7) is 1.84. The summed E-state index contributed by atoms with van der Waals surface area (Å²) in [6.07, 6.45) is 0. The summed E-state index contributed by atoms with van der Waals surface area (Å²) in [7, 11) is 0. The molecule has 0 aliphatic rings. The molecule has 0 aliphatic heterocycles. The van der Waals surface area contributed by atoms with Gasteiger partial charge < -0.3 is 10.8 Å². The summed E-state index contributed by atoms with van der Waals surface area (Å²) in [5.74, 6) is 0.275. The molecular weight excluding hydrogens is 162 g/mol. The maximum Gasteiger partial charge on any atom is 0.120 e. The van der Waals surface area contributed by atoms with E-state index in [0.717, 1.165) is 5.56 Å². The van der Waals surface area contributed by atoms with Crippen LogP contribution in [0.25, 0.3) is 0 Å². The van der Waals surface area contributed by atoms with Crippen LogP contribution in [-0.2, 0) is 0 Å². The van der Waals surface area contributed by atoms with Crippen LogP contribution in [0.5, 0.6) is 5.75 Å². The molecule has 1 aromatic carbocycles. The zero-order chi connectivity index (χ0) is 7.56. The highest BCUT2D eigenvalue weighted by molar-refractivity contribution is 5.85. The fourth-order valence-electron chi connectivity index (χ4n) is 0.873. The number of phenols is 1. The van der Waals surface area contributed by atoms with Crippen molar-refractivity contribution in [1.82, 2.24) is 0 Å². The Morgan fingerprint density at radius 3 is 2.27 bits per heavy atom. The van der Waals surface area contributed by atoms with Gasteiger partial charge in [-0.2, -0.15) is 0 Å². The van der Waals surface area contributed by atoms with Gasteiger partial charge in [-0.1, -0.05) is 18.2 Å². The van der Waals surface area contributed by atoms with Crippen LogP contribution in [-0.4, -0.2) is 5.11 Å². The minimum atomic E-state index is -0.0961. The lowest BCUT2D eigenvalue weighted by molar-refractivity contribution is 0.464. The van der Waals surface area contributed by atoms with Crippen molar-refractivity contribution in [3.8, 4) is 5.75 Å². The predicted molar refractivity (Wildman–Crippen MR) is 48.0 cm³/mol. The average molecular weight is 174 g/mol. The molecule has 3 heteroatoms. The molecule has 3 N–H and O–H groups in total. The normalized spacial score (nSPS) is 11.8. The number of aromatic hydroxyl groups is 1. The van der Waals surface area contributed by atoms with E-state index in [1.165, 1.54) is 0 Å². The average Bonchev–Trinajstić information content (AvgIpc) is 1.88. The van der Waals surface area contributed by atoms with Crippen LogP contribution >= 0.6 is 12.4 Å². The lowest BCUT2D eigenvalue weighted by atomic mass is 10.1. The van der Waals surface area contributed by atoms with Crippen molar-refractivity contribution in [3.05, 3.63) is 29.8 Å². The summed E-state index contributed by atoms with van der Waals surface area (Å²) < 4.78 is 0. The largest absolute Gasteiger partial charge is 0.508 e. The molecule has 0 saturated carbocycles. The second kappa shape index (κ2) is 4.21. The minimum Gasteiger partial charge on any atom is -0.508 e. The van der Waals surface area contributed by atoms with Crippen LogP contribution in [0.15, 0.2) is 24.3 Å². The van der Waals surface area contributed by atoms with Crippen molar-refractivity contribution in [2.24, 2.45) is 5.73 Å². The first-order chi connectivity index (χ1) is 4.72. The maximum atomic E-state index is 9.20. The SMILES string of the molecule is C[C@H](N)c1ccccc1O.Cl. The van der Waals surface area contributed by atoms with Gasteiger partial charge in [0.05, 0.1) is 0 Å². The minimum absolute atomic E-state index is 0. The van der Waals surface area contributed by atoms with Crippen LogP contribution < -0.4 is 5.73 Å². The molecule has 0 aliphatic carbocycles. The number of hydrogen-bond donors (Lipinski definition) is 2. The number of hydrogen-bond acceptors (Lipinski definition) is 2. The molecule has 0 bridgehead atoms. The molecule has 1 atom stereocenters. The van der Waals surface area contributed by atoms with Gasteiger partial charge in [-0.05, 0) is 13.0 Å². The number of halogens is 1. The highest BCUT2D eigenvalue weighted by atomic mass is 35.5. The number of benzene rings is 1. The van der Waals surface area contributed by atoms with E-state index in [1.807, 2.05) is 19.1 Å². The van der Waals surface area contributed by atoms with E-state index in [9.17, 15) is 5.11 Å². The number of para-hydroxylation sites is 1. The van der Waals surface area contributed by atoms with Gasteiger partial charge in [-0.25, -0.2) is 0 Å². The van der Waals surface area contributed by atoms with E-state index in [-0.39, 0.29) is 24.2 Å². The summed E-state index contributed by atoms with van der Waals surface area (Å²) in [6, 6.07) is 7.00. The number of nitrogens with two attached hydrogens (primary N) is 1. The highest BCUT2D eigenvalue weighted by Gasteiger charge is 2.02. The fourth-order valence-corrected chi connectivity index (χ4v) is 0.873. The van der Waals surface area contributed by atoms with Crippen LogP contribution in [0.2, 0.25) is 0 Å². The van der Waals surface area contributed by atoms with Crippen molar-refractivity contribution in [2.75, 3.05) is 0 Å². The smallest absolute Gasteiger partial charge is 0.120 e. The summed E-state index contributed by atoms with van der Waals surface area (Å²) >= 11 is 0. The van der Waals surface area contributed by atoms with Gasteiger partial charge in [0.2, 0.25) is 0 Å². The maximum absolute atomic E-state index is 9.20. The second-order valence-electron chi connectivity index (χ2n) is 2.35. The Bertz CT molecular complexity index is 225. The van der Waals surface area contributed by atoms with Crippen molar-refractivity contribution in [2.45, 2.75) is 13.0 Å². The van der Waals surface area contributed by atoms with Crippen LogP contribution in [0.1, 0.15) is 18.5 Å². The Morgan fingerprint density at radius 2 is 1.91 bits per heavy atom. The van der Waals surface area contributed by atoms with E-state index in [0.29, 0.717) is 0 Å². The zero-order valence-electron chi connectivity index (χ0n) is 6.32. The molecule has 1 rings (SSSR count). The molecule has 0 unspecified atom stereocenters. The molecule has 11 heavy (non-hydrogen) atoms. The van der Waals surface area contributed by atoms with Gasteiger partial charge in [0, 0.05) is 11.6 Å². The molecule has 62 valence electrons. The molecule has 0 heterocycles. The second-order valence-corrected chi connectivity index (χ2v) is 2.35. The first-order valence-corrected chi connectivity index (χ1v) is 3.25. The van der Waals surface area contributed by atoms with Crippen molar-refractivity contribution in [3.63, 3.8) is 0 Å². The Morgan fingerprint density at radius 1 is 1.36 bits per heavy atom. The molecule has 0 radical (unpaired) electrons. The predicted octanol–water partition coefficient (Wildman–Crippen LogP) is 1.83. The number of rotatable bonds is 1. The molecule has 0 amide bonds. The van der Waals surface area contributed by atoms with E-state index >= 15 is 0 Å². The van der Waals surface area contributed by atoms with E-state index in [2.05, 4.69) is 0 Å². The van der Waals surface area contributed by atoms with E-state index in [1.54, 1.807) is 12.1 Å². The van der Waals surface area contributed by atoms with Gasteiger partial charge in [0.1, 0.15) is 5.75 Å². The molecule has 0 saturated heterocycles. The van der Waals surface area contributed by atoms with Gasteiger partial charge in [-0.3, -0.25) is 0 Å². The fraction of sp³-hybridized carbons (Fsp3) is 0.250. The third-order valence-corrected chi connectivity index (χ3v) is 1.43. The van der Waals surface area contributed by atoms with Crippen molar-refractivity contribution < 1.29 is 5.11 Å². The van der Waals surface area contributed by atoms with Gasteiger partial charge in [0.15, 0.2) is 0 Å². The Balaban J connectivity index is 0.000001000. The standard InChI is InChI=1S/C8H11NO.ClH/c1-6(9)7-4-2-3-5-8(7)10;/h2-6,10H,9H2,1H3;1H/t6-;/m0./s1. The molecule has 0 aromatic heterocycles. The summed E-state index contributed by atoms with van der Waals surface area (Å²) in [4.78, 5) is 0. The summed E-state index contributed by atoms with van der Waals surface area (Å²) in [5.41, 5.74) is 6.35. The van der Waals surface area contributed by atoms with Gasteiger partial charge >= 0.3 is 0 Å². The lowest BCUT2D eigenvalue weighted by Gasteiger charge is -2.06. The topological polar surface area (TPSA) is 46.2 Å². The first kappa shape index (κ1) is 10.3. The van der Waals surface area contributed by atoms with E-state index in [4.69, 9.17) is 5.73 Å². The Labute approximate surface area is 72.4 Å². The third-order valence-electron chi connectivity index (χ3n) is 1.43. The molecule has 2 nitrogen and oxygen atoms in total. The molecule has 1 aromatic rings.